The fraction of sp³-hybridized carbons (Fsp3) is 0.571. The summed E-state index contributed by atoms with van der Waals surface area (Å²) in [6.07, 6.45) is -0.0441. The molecule has 0 radical (unpaired) electrons. The van der Waals surface area contributed by atoms with Crippen LogP contribution >= 0.6 is 0 Å². The number of aromatic amines is 1. The number of imidazole rings is 1. The number of Topliss-reactive ketones (excluding diaryl/α,β-unsaturated/α-hetero) is 3. The van der Waals surface area contributed by atoms with Gasteiger partial charge in [0, 0.05) is 56.0 Å². The Kier molecular flexibility index (Phi) is 22.1. The Morgan fingerprint density at radius 3 is 1.89 bits per heavy atom. The summed E-state index contributed by atoms with van der Waals surface area (Å²) < 4.78 is 0. The zero-order valence-corrected chi connectivity index (χ0v) is 36.2. The second-order valence-corrected chi connectivity index (χ2v) is 16.0. The van der Waals surface area contributed by atoms with Crippen LogP contribution < -0.4 is 38.9 Å². The number of rotatable bonds is 30. The predicted molar refractivity (Wildman–Crippen MR) is 230 cm³/mol. The molecule has 9 atom stereocenters. The molecule has 15 N–H and O–H groups in total. The number of aliphatic imine (C=N–C) groups is 1. The van der Waals surface area contributed by atoms with Crippen LogP contribution in [0.15, 0.2) is 41.8 Å². The van der Waals surface area contributed by atoms with Gasteiger partial charge in [0.05, 0.1) is 49.4 Å². The molecule has 2 rings (SSSR count). The first kappa shape index (κ1) is 52.9. The molecule has 5 amide bonds. The maximum atomic E-state index is 14.2. The van der Waals surface area contributed by atoms with Crippen molar-refractivity contribution in [1.82, 2.24) is 25.9 Å². The number of H-pyrrole nitrogens is 1. The van der Waals surface area contributed by atoms with E-state index in [-0.39, 0.29) is 50.4 Å². The van der Waals surface area contributed by atoms with Crippen LogP contribution in [0.1, 0.15) is 83.9 Å². The SMILES string of the molecule is CC[C@H](C)[C@H](NC(=O)[C@@H](CC(=O)[C@H](CC(N)=O)NC(=O)[C@H](CCCN=C(N)N)CC(=O)[C@@H](NC(=O)[C@@H](C)CO)[C@@H](C)O)Cc1ccc(O)cc1)C(=O)C[C@@H](Cc1cnc[nH]1)C(N)=O. The van der Waals surface area contributed by atoms with E-state index in [2.05, 4.69) is 30.9 Å². The fourth-order valence-corrected chi connectivity index (χ4v) is 6.74. The number of phenols is 1. The molecule has 21 nitrogen and oxygen atoms in total. The van der Waals surface area contributed by atoms with E-state index >= 15 is 0 Å². The fourth-order valence-electron chi connectivity index (χ4n) is 6.74. The number of carbonyl (C=O) groups excluding carboxylic acids is 8. The van der Waals surface area contributed by atoms with Crippen LogP contribution in [0.4, 0.5) is 0 Å². The van der Waals surface area contributed by atoms with Gasteiger partial charge in [-0.25, -0.2) is 4.98 Å². The Morgan fingerprint density at radius 1 is 0.762 bits per heavy atom. The summed E-state index contributed by atoms with van der Waals surface area (Å²) in [7, 11) is 0. The topological polar surface area (TPSA) is 378 Å². The number of amides is 5. The van der Waals surface area contributed by atoms with E-state index < -0.39 is 127 Å². The van der Waals surface area contributed by atoms with Crippen molar-refractivity contribution in [3.05, 3.63) is 48.0 Å². The number of aliphatic hydroxyl groups excluding tert-OH is 2. The van der Waals surface area contributed by atoms with Crippen LogP contribution in [-0.2, 0) is 51.2 Å². The highest BCUT2D eigenvalue weighted by Crippen LogP contribution is 2.22. The van der Waals surface area contributed by atoms with Gasteiger partial charge in [0.25, 0.3) is 0 Å². The number of aromatic nitrogens is 2. The number of aromatic hydroxyl groups is 1. The van der Waals surface area contributed by atoms with Crippen LogP contribution in [0, 0.1) is 29.6 Å². The van der Waals surface area contributed by atoms with E-state index in [0.717, 1.165) is 0 Å². The molecule has 0 aliphatic carbocycles. The summed E-state index contributed by atoms with van der Waals surface area (Å²) in [6.45, 7) is 5.73. The Bertz CT molecular complexity index is 1880. The minimum atomic E-state index is -1.59. The molecule has 2 aromatic rings. The normalized spacial score (nSPS) is 15.5. The highest BCUT2D eigenvalue weighted by atomic mass is 16.3. The maximum Gasteiger partial charge on any atom is 0.225 e. The van der Waals surface area contributed by atoms with Gasteiger partial charge in [0.15, 0.2) is 23.3 Å². The monoisotopic (exact) mass is 884 g/mol. The van der Waals surface area contributed by atoms with Gasteiger partial charge < -0.3 is 59.2 Å². The van der Waals surface area contributed by atoms with Crippen molar-refractivity contribution in [3.63, 3.8) is 0 Å². The van der Waals surface area contributed by atoms with Gasteiger partial charge in [-0.15, -0.1) is 0 Å². The largest absolute Gasteiger partial charge is 0.508 e. The number of nitrogens with one attached hydrogen (secondary N) is 4. The highest BCUT2D eigenvalue weighted by Gasteiger charge is 2.36. The average molecular weight is 885 g/mol. The quantitative estimate of drug-likeness (QED) is 0.0243. The smallest absolute Gasteiger partial charge is 0.225 e. The molecule has 0 bridgehead atoms. The highest BCUT2D eigenvalue weighted by molar-refractivity contribution is 5.98. The summed E-state index contributed by atoms with van der Waals surface area (Å²) in [5, 5.41) is 37.4. The lowest BCUT2D eigenvalue weighted by Gasteiger charge is -2.28. The van der Waals surface area contributed by atoms with E-state index in [0.29, 0.717) is 17.7 Å². The molecule has 63 heavy (non-hydrogen) atoms. The van der Waals surface area contributed by atoms with Gasteiger partial charge >= 0.3 is 0 Å². The molecule has 0 unspecified atom stereocenters. The number of aliphatic hydroxyl groups is 2. The molecule has 1 aromatic heterocycles. The van der Waals surface area contributed by atoms with E-state index in [9.17, 15) is 53.7 Å². The van der Waals surface area contributed by atoms with Gasteiger partial charge in [-0.05, 0) is 49.8 Å². The number of nitrogens with zero attached hydrogens (tertiary/aromatic N) is 2. The molecule has 0 aliphatic heterocycles. The zero-order chi connectivity index (χ0) is 47.4. The predicted octanol–water partition coefficient (Wildman–Crippen LogP) is -1.45. The van der Waals surface area contributed by atoms with Gasteiger partial charge in [0.2, 0.25) is 29.5 Å². The van der Waals surface area contributed by atoms with Crippen molar-refractivity contribution in [2.24, 2.45) is 57.5 Å². The lowest BCUT2D eigenvalue weighted by molar-refractivity contribution is -0.137. The standard InChI is InChI=1S/C42H64N10O11/c1-5-22(2)36(33(57)16-27(38(44)60)14-29-19-47-21-49-29)51-41(63)28(13-25-8-10-30(55)11-9-25)17-32(56)31(18-35(43)59)50-40(62)26(7-6-12-48-42(45)46)15-34(58)37(24(4)54)52-39(61)23(3)20-53/h8-11,19,21-24,26-28,31,36-37,53-55H,5-7,12-18,20H2,1-4H3,(H2,43,59)(H2,44,60)(H,47,49)(H,50,62)(H,51,63)(H,52,61)(H4,45,46,48)/t22-,23-,24+,26+,27+,28+,31-,36-,37-/m0/s1. The molecule has 348 valence electrons. The minimum Gasteiger partial charge on any atom is -0.508 e. The molecular weight excluding hydrogens is 821 g/mol. The first-order valence-electron chi connectivity index (χ1n) is 20.8. The molecule has 21 heteroatoms. The second-order valence-electron chi connectivity index (χ2n) is 16.0. The number of hydrogen-bond acceptors (Lipinski definition) is 13. The van der Waals surface area contributed by atoms with Gasteiger partial charge in [-0.2, -0.15) is 0 Å². The molecule has 0 saturated heterocycles. The molecule has 0 aliphatic rings. The lowest BCUT2D eigenvalue weighted by Crippen LogP contribution is -2.52. The average Bonchev–Trinajstić information content (AvgIpc) is 3.74. The Labute approximate surface area is 366 Å². The third kappa shape index (κ3) is 18.3. The first-order chi connectivity index (χ1) is 29.7. The number of hydrogen-bond donors (Lipinski definition) is 11. The van der Waals surface area contributed by atoms with E-state index in [1.165, 1.54) is 50.6 Å². The van der Waals surface area contributed by atoms with Crippen molar-refractivity contribution in [3.8, 4) is 5.75 Å². The van der Waals surface area contributed by atoms with Crippen molar-refractivity contribution < 1.29 is 53.7 Å². The van der Waals surface area contributed by atoms with Crippen molar-refractivity contribution in [2.45, 2.75) is 110 Å². The minimum absolute atomic E-state index is 0.0330. The Balaban J connectivity index is 2.46. The first-order valence-corrected chi connectivity index (χ1v) is 20.8. The molecule has 0 fully saturated rings. The van der Waals surface area contributed by atoms with Gasteiger partial charge in [0.1, 0.15) is 11.8 Å². The third-order valence-corrected chi connectivity index (χ3v) is 10.7. The van der Waals surface area contributed by atoms with Crippen LogP contribution in [0.5, 0.6) is 5.75 Å². The Hall–Kier alpha value is -6.22. The maximum absolute atomic E-state index is 14.2. The van der Waals surface area contributed by atoms with Crippen LogP contribution in [-0.4, -0.2) is 116 Å². The summed E-state index contributed by atoms with van der Waals surface area (Å²) in [5.41, 5.74) is 23.1. The number of primary amides is 2. The molecule has 0 spiro atoms. The number of carbonyl (C=O) groups is 8. The van der Waals surface area contributed by atoms with Gasteiger partial charge in [-0.3, -0.25) is 43.3 Å². The molecule has 0 saturated carbocycles. The Morgan fingerprint density at radius 2 is 1.35 bits per heavy atom. The lowest BCUT2D eigenvalue weighted by atomic mass is 9.86. The second kappa shape index (κ2) is 26.3. The van der Waals surface area contributed by atoms with Gasteiger partial charge in [-0.1, -0.05) is 39.3 Å². The number of guanidine groups is 1. The van der Waals surface area contributed by atoms with Crippen LogP contribution in [0.3, 0.4) is 0 Å². The van der Waals surface area contributed by atoms with E-state index in [1.54, 1.807) is 6.92 Å². The van der Waals surface area contributed by atoms with Crippen molar-refractivity contribution >= 4 is 52.8 Å². The molecule has 1 aromatic carbocycles. The summed E-state index contributed by atoms with van der Waals surface area (Å²) in [6, 6.07) is 1.66. The summed E-state index contributed by atoms with van der Waals surface area (Å²) in [5.74, 6) is -11.0. The van der Waals surface area contributed by atoms with Crippen LogP contribution in [0.2, 0.25) is 0 Å². The van der Waals surface area contributed by atoms with E-state index in [1.807, 2.05) is 6.92 Å². The molecule has 1 heterocycles. The number of phenolic OH excluding ortho intramolecular Hbond substituents is 1. The third-order valence-electron chi connectivity index (χ3n) is 10.7. The zero-order valence-electron chi connectivity index (χ0n) is 36.2. The van der Waals surface area contributed by atoms with Crippen LogP contribution in [0.25, 0.3) is 0 Å². The number of ketones is 3. The summed E-state index contributed by atoms with van der Waals surface area (Å²) >= 11 is 0. The molecular formula is C42H64N10O11. The van der Waals surface area contributed by atoms with Crippen molar-refractivity contribution in [2.75, 3.05) is 13.2 Å². The van der Waals surface area contributed by atoms with E-state index in [4.69, 9.17) is 22.9 Å². The summed E-state index contributed by atoms with van der Waals surface area (Å²) in [4.78, 5) is 118. The number of nitrogens with two attached hydrogens (primary N) is 4. The van der Waals surface area contributed by atoms with Crippen molar-refractivity contribution in [1.29, 1.82) is 0 Å². The number of benzene rings is 1.